The summed E-state index contributed by atoms with van der Waals surface area (Å²) in [6, 6.07) is 10.5. The van der Waals surface area contributed by atoms with E-state index >= 15 is 0 Å². The van der Waals surface area contributed by atoms with Crippen LogP contribution in [0.15, 0.2) is 39.3 Å². The Labute approximate surface area is 212 Å². The number of halogens is 2. The Morgan fingerprint density at radius 2 is 1.79 bits per heavy atom. The third-order valence-electron chi connectivity index (χ3n) is 7.36. The summed E-state index contributed by atoms with van der Waals surface area (Å²) in [6.07, 6.45) is 3.98. The van der Waals surface area contributed by atoms with Crippen molar-refractivity contribution in [1.82, 2.24) is 10.2 Å². The van der Waals surface area contributed by atoms with Crippen LogP contribution in [-0.4, -0.2) is 50.8 Å². The number of anilines is 1. The minimum atomic E-state index is -0.165. The van der Waals surface area contributed by atoms with Crippen molar-refractivity contribution in [3.05, 3.63) is 50.4 Å². The smallest absolute Gasteiger partial charge is 0.319 e. The highest BCUT2D eigenvalue weighted by atomic mass is 79.9. The van der Waals surface area contributed by atoms with Crippen LogP contribution in [0.2, 0.25) is 0 Å². The van der Waals surface area contributed by atoms with Crippen LogP contribution >= 0.6 is 31.9 Å². The molecule has 2 amide bonds. The monoisotopic (exact) mass is 579 g/mol. The SMILES string of the molecule is COc1ccc(C23CCC(NC(=O)Nc4cc(Br)c(C)c(Br)c4)CC2N(C)CC3)cc1OC. The van der Waals surface area contributed by atoms with E-state index in [-0.39, 0.29) is 17.5 Å². The molecule has 0 aromatic heterocycles. The largest absolute Gasteiger partial charge is 0.493 e. The number of likely N-dealkylation sites (tertiary alicyclic amines) is 1. The number of methoxy groups -OCH3 is 2. The molecule has 178 valence electrons. The average Bonchev–Trinajstić information content (AvgIpc) is 3.14. The number of benzene rings is 2. The molecule has 1 saturated carbocycles. The van der Waals surface area contributed by atoms with Crippen molar-refractivity contribution in [2.24, 2.45) is 0 Å². The Hall–Kier alpha value is -1.77. The van der Waals surface area contributed by atoms with Crippen molar-refractivity contribution >= 4 is 43.6 Å². The standard InChI is InChI=1S/C25H31Br2N3O3/c1-15-19(26)12-18(13-20(15)27)29-24(31)28-17-7-8-25(9-10-30(2)23(25)14-17)16-5-6-21(32-3)22(11-16)33-4/h5-6,11-13,17,23H,7-10,14H2,1-4H3,(H2,28,29,31). The molecule has 2 aromatic rings. The predicted molar refractivity (Wildman–Crippen MR) is 139 cm³/mol. The van der Waals surface area contributed by atoms with Crippen LogP contribution in [0.25, 0.3) is 0 Å². The minimum absolute atomic E-state index is 0.0651. The first-order chi connectivity index (χ1) is 15.8. The molecule has 1 saturated heterocycles. The zero-order valence-corrected chi connectivity index (χ0v) is 22.7. The number of hydrogen-bond donors (Lipinski definition) is 2. The van der Waals surface area contributed by atoms with E-state index in [1.807, 2.05) is 25.1 Å². The topological polar surface area (TPSA) is 62.8 Å². The number of fused-ring (bicyclic) bond motifs is 1. The van der Waals surface area contributed by atoms with E-state index in [0.717, 1.165) is 63.9 Å². The highest BCUT2D eigenvalue weighted by molar-refractivity contribution is 9.11. The van der Waals surface area contributed by atoms with Gasteiger partial charge in [-0.05, 0) is 81.6 Å². The van der Waals surface area contributed by atoms with Gasteiger partial charge in [0.25, 0.3) is 0 Å². The molecule has 3 atom stereocenters. The normalized spacial score (nSPS) is 24.8. The summed E-state index contributed by atoms with van der Waals surface area (Å²) in [5.74, 6) is 1.52. The number of nitrogens with zero attached hydrogens (tertiary/aromatic N) is 1. The zero-order chi connectivity index (χ0) is 23.8. The lowest BCUT2D eigenvalue weighted by atomic mass is 9.65. The lowest BCUT2D eigenvalue weighted by molar-refractivity contribution is 0.156. The number of carbonyl (C=O) groups excluding carboxylic acids is 1. The summed E-state index contributed by atoms with van der Waals surface area (Å²) < 4.78 is 12.9. The molecule has 1 aliphatic carbocycles. The number of likely N-dealkylation sites (N-methyl/N-ethyl adjacent to an activating group) is 1. The first-order valence-corrected chi connectivity index (χ1v) is 12.8. The van der Waals surface area contributed by atoms with Gasteiger partial charge < -0.3 is 25.0 Å². The number of carbonyl (C=O) groups is 1. The molecule has 8 heteroatoms. The van der Waals surface area contributed by atoms with Crippen LogP contribution in [0.4, 0.5) is 10.5 Å². The fourth-order valence-corrected chi connectivity index (χ4v) is 6.65. The van der Waals surface area contributed by atoms with E-state index in [9.17, 15) is 4.79 Å². The van der Waals surface area contributed by atoms with Crippen LogP contribution in [0.3, 0.4) is 0 Å². The van der Waals surface area contributed by atoms with Crippen LogP contribution in [-0.2, 0) is 5.41 Å². The molecule has 1 heterocycles. The third kappa shape index (κ3) is 4.75. The molecule has 0 spiro atoms. The zero-order valence-electron chi connectivity index (χ0n) is 19.5. The average molecular weight is 581 g/mol. The Bertz CT molecular complexity index is 1020. The van der Waals surface area contributed by atoms with Crippen LogP contribution in [0.5, 0.6) is 11.5 Å². The van der Waals surface area contributed by atoms with Gasteiger partial charge in [0.15, 0.2) is 11.5 Å². The van der Waals surface area contributed by atoms with Crippen molar-refractivity contribution in [2.45, 2.75) is 50.1 Å². The first-order valence-electron chi connectivity index (χ1n) is 11.2. The minimum Gasteiger partial charge on any atom is -0.493 e. The fraction of sp³-hybridized carbons (Fsp3) is 0.480. The second-order valence-corrected chi connectivity index (χ2v) is 10.8. The maximum Gasteiger partial charge on any atom is 0.319 e. The maximum atomic E-state index is 12.8. The number of rotatable bonds is 5. The summed E-state index contributed by atoms with van der Waals surface area (Å²) >= 11 is 7.09. The van der Waals surface area contributed by atoms with E-state index in [1.54, 1.807) is 14.2 Å². The number of hydrogen-bond acceptors (Lipinski definition) is 4. The van der Waals surface area contributed by atoms with Gasteiger partial charge in [-0.1, -0.05) is 37.9 Å². The summed E-state index contributed by atoms with van der Waals surface area (Å²) in [6.45, 7) is 3.06. The summed E-state index contributed by atoms with van der Waals surface area (Å²) in [7, 11) is 5.54. The van der Waals surface area contributed by atoms with Crippen molar-refractivity contribution in [3.63, 3.8) is 0 Å². The Kier molecular flexibility index (Phi) is 7.26. The molecular formula is C25H31Br2N3O3. The number of nitrogens with one attached hydrogen (secondary N) is 2. The molecule has 3 unspecified atom stereocenters. The molecule has 0 bridgehead atoms. The van der Waals surface area contributed by atoms with Gasteiger partial charge in [-0.25, -0.2) is 4.79 Å². The van der Waals surface area contributed by atoms with Gasteiger partial charge in [0.05, 0.1) is 14.2 Å². The van der Waals surface area contributed by atoms with Gasteiger partial charge in [-0.2, -0.15) is 0 Å². The molecule has 2 fully saturated rings. The number of amides is 2. The van der Waals surface area contributed by atoms with E-state index in [0.29, 0.717) is 6.04 Å². The highest BCUT2D eigenvalue weighted by Gasteiger charge is 2.50. The van der Waals surface area contributed by atoms with Gasteiger partial charge >= 0.3 is 6.03 Å². The number of urea groups is 1. The molecule has 4 rings (SSSR count). The molecule has 1 aliphatic heterocycles. The van der Waals surface area contributed by atoms with E-state index in [4.69, 9.17) is 9.47 Å². The van der Waals surface area contributed by atoms with Gasteiger partial charge in [0, 0.05) is 32.1 Å². The fourth-order valence-electron chi connectivity index (χ4n) is 5.46. The van der Waals surface area contributed by atoms with Gasteiger partial charge in [0.1, 0.15) is 0 Å². The molecule has 2 aromatic carbocycles. The second-order valence-electron chi connectivity index (χ2n) is 9.11. The van der Waals surface area contributed by atoms with Crippen LogP contribution in [0.1, 0.15) is 36.8 Å². The van der Waals surface area contributed by atoms with Gasteiger partial charge in [0.2, 0.25) is 0 Å². The van der Waals surface area contributed by atoms with Gasteiger partial charge in [-0.15, -0.1) is 0 Å². The van der Waals surface area contributed by atoms with E-state index in [2.05, 4.69) is 66.6 Å². The first kappa shape index (κ1) is 24.4. The van der Waals surface area contributed by atoms with Crippen molar-refractivity contribution in [1.29, 1.82) is 0 Å². The van der Waals surface area contributed by atoms with Crippen molar-refractivity contribution in [2.75, 3.05) is 33.1 Å². The molecule has 2 N–H and O–H groups in total. The molecular weight excluding hydrogens is 550 g/mol. The summed E-state index contributed by atoms with van der Waals surface area (Å²) in [5, 5.41) is 6.20. The lowest BCUT2D eigenvalue weighted by Gasteiger charge is -2.45. The number of ether oxygens (including phenoxy) is 2. The van der Waals surface area contributed by atoms with E-state index < -0.39 is 0 Å². The van der Waals surface area contributed by atoms with E-state index in [1.165, 1.54) is 5.56 Å². The van der Waals surface area contributed by atoms with Crippen molar-refractivity contribution < 1.29 is 14.3 Å². The molecule has 6 nitrogen and oxygen atoms in total. The van der Waals surface area contributed by atoms with Gasteiger partial charge in [-0.3, -0.25) is 0 Å². The molecule has 0 radical (unpaired) electrons. The Morgan fingerprint density at radius 1 is 1.09 bits per heavy atom. The Morgan fingerprint density at radius 3 is 2.45 bits per heavy atom. The second kappa shape index (κ2) is 9.84. The maximum absolute atomic E-state index is 12.8. The van der Waals surface area contributed by atoms with Crippen LogP contribution < -0.4 is 20.1 Å². The van der Waals surface area contributed by atoms with Crippen LogP contribution in [0, 0.1) is 6.92 Å². The molecule has 33 heavy (non-hydrogen) atoms. The quantitative estimate of drug-likeness (QED) is 0.465. The highest BCUT2D eigenvalue weighted by Crippen LogP contribution is 2.49. The molecule has 2 aliphatic rings. The third-order valence-corrected chi connectivity index (χ3v) is 9.01. The summed E-state index contributed by atoms with van der Waals surface area (Å²) in [4.78, 5) is 15.2. The Balaban J connectivity index is 1.48. The lowest BCUT2D eigenvalue weighted by Crippen LogP contribution is -2.52. The summed E-state index contributed by atoms with van der Waals surface area (Å²) in [5.41, 5.74) is 3.22. The predicted octanol–water partition coefficient (Wildman–Crippen LogP) is 5.85. The van der Waals surface area contributed by atoms with Crippen molar-refractivity contribution in [3.8, 4) is 11.5 Å².